The fourth-order valence-electron chi connectivity index (χ4n) is 3.33. The van der Waals surface area contributed by atoms with Crippen molar-refractivity contribution in [2.45, 2.75) is 22.7 Å². The molecule has 0 bridgehead atoms. The van der Waals surface area contributed by atoms with Gasteiger partial charge in [-0.05, 0) is 47.2 Å². The lowest BCUT2D eigenvalue weighted by Gasteiger charge is -2.34. The van der Waals surface area contributed by atoms with E-state index in [1.165, 1.54) is 12.1 Å². The molecule has 2 atom stereocenters. The van der Waals surface area contributed by atoms with Gasteiger partial charge in [-0.1, -0.05) is 66.2 Å². The summed E-state index contributed by atoms with van der Waals surface area (Å²) in [6.45, 7) is 0. The van der Waals surface area contributed by atoms with E-state index in [-0.39, 0.29) is 4.90 Å². The number of carbonyl (C=O) groups is 1. The van der Waals surface area contributed by atoms with E-state index in [1.807, 2.05) is 36.4 Å². The molecule has 6 nitrogen and oxygen atoms in total. The van der Waals surface area contributed by atoms with Crippen LogP contribution in [0, 0.1) is 5.92 Å². The van der Waals surface area contributed by atoms with Gasteiger partial charge in [0.1, 0.15) is 5.00 Å². The standard InChI is InChI=1S/C21H22ClN3O3S/c22-21(24)17(9-6-14-7-10-18(11-8-14)29(25,27)28)12-16(13-19(21)20(23)26)15-4-2-1-3-5-15/h1-5,7-8,10-13,19H,6,9,24H2,(H2,23,26)(H2,25,27,28). The molecule has 2 aromatic carbocycles. The van der Waals surface area contributed by atoms with Crippen LogP contribution in [0.2, 0.25) is 0 Å². The Morgan fingerprint density at radius 2 is 1.66 bits per heavy atom. The zero-order valence-corrected chi connectivity index (χ0v) is 17.2. The molecule has 0 fully saturated rings. The third-order valence-electron chi connectivity index (χ3n) is 4.97. The van der Waals surface area contributed by atoms with Crippen LogP contribution in [0.15, 0.2) is 77.2 Å². The summed E-state index contributed by atoms with van der Waals surface area (Å²) in [6, 6.07) is 15.9. The van der Waals surface area contributed by atoms with Crippen LogP contribution < -0.4 is 16.6 Å². The van der Waals surface area contributed by atoms with Crippen molar-refractivity contribution >= 4 is 33.1 Å². The molecule has 2 aromatic rings. The Bertz CT molecular complexity index is 1080. The second-order valence-corrected chi connectivity index (χ2v) is 9.18. The molecule has 0 aromatic heterocycles. The largest absolute Gasteiger partial charge is 0.369 e. The monoisotopic (exact) mass is 431 g/mol. The molecule has 6 N–H and O–H groups in total. The Labute approximate surface area is 175 Å². The predicted octanol–water partition coefficient (Wildman–Crippen LogP) is 2.29. The smallest absolute Gasteiger partial charge is 0.238 e. The van der Waals surface area contributed by atoms with Crippen LogP contribution in [0.5, 0.6) is 0 Å². The van der Waals surface area contributed by atoms with Gasteiger partial charge in [0.2, 0.25) is 15.9 Å². The number of primary amides is 1. The molecule has 1 aliphatic carbocycles. The van der Waals surface area contributed by atoms with Crippen molar-refractivity contribution in [1.82, 2.24) is 0 Å². The average Bonchev–Trinajstić information content (AvgIpc) is 2.66. The van der Waals surface area contributed by atoms with Crippen LogP contribution in [-0.2, 0) is 21.2 Å². The van der Waals surface area contributed by atoms with E-state index in [2.05, 4.69) is 0 Å². The van der Waals surface area contributed by atoms with Crippen molar-refractivity contribution in [2.75, 3.05) is 0 Å². The summed E-state index contributed by atoms with van der Waals surface area (Å²) in [4.78, 5) is 10.6. The lowest BCUT2D eigenvalue weighted by Crippen LogP contribution is -2.49. The van der Waals surface area contributed by atoms with Gasteiger partial charge in [-0.3, -0.25) is 4.79 Å². The normalized spacial score (nSPS) is 22.0. The number of amides is 1. The number of primary sulfonamides is 1. The number of sulfonamides is 1. The minimum Gasteiger partial charge on any atom is -0.369 e. The number of benzene rings is 2. The molecule has 0 spiro atoms. The Morgan fingerprint density at radius 1 is 1.03 bits per heavy atom. The van der Waals surface area contributed by atoms with Crippen molar-refractivity contribution in [3.63, 3.8) is 0 Å². The van der Waals surface area contributed by atoms with E-state index in [0.29, 0.717) is 18.4 Å². The fraction of sp³-hybridized carbons (Fsp3) is 0.190. The first-order valence-corrected chi connectivity index (χ1v) is 10.9. The van der Waals surface area contributed by atoms with Crippen LogP contribution in [0.3, 0.4) is 0 Å². The molecule has 0 radical (unpaired) electrons. The minimum absolute atomic E-state index is 0.0479. The molecule has 8 heteroatoms. The quantitative estimate of drug-likeness (QED) is 0.478. The first-order valence-electron chi connectivity index (χ1n) is 8.96. The molecule has 152 valence electrons. The maximum atomic E-state index is 12.0. The predicted molar refractivity (Wildman–Crippen MR) is 114 cm³/mol. The van der Waals surface area contributed by atoms with E-state index in [0.717, 1.165) is 16.7 Å². The summed E-state index contributed by atoms with van der Waals surface area (Å²) in [5, 5.41) is 5.13. The molecular formula is C21H22ClN3O3S. The summed E-state index contributed by atoms with van der Waals surface area (Å²) in [7, 11) is -3.74. The molecular weight excluding hydrogens is 410 g/mol. The number of halogens is 1. The maximum absolute atomic E-state index is 12.0. The van der Waals surface area contributed by atoms with Gasteiger partial charge >= 0.3 is 0 Å². The lowest BCUT2D eigenvalue weighted by molar-refractivity contribution is -0.121. The first-order chi connectivity index (χ1) is 13.6. The van der Waals surface area contributed by atoms with Crippen molar-refractivity contribution in [3.05, 3.63) is 83.4 Å². The number of alkyl halides is 1. The SMILES string of the molecule is NC(=O)C1C=C(c2ccccc2)C=C(CCc2ccc(S(N)(=O)=O)cc2)C1(N)Cl. The number of nitrogens with two attached hydrogens (primary N) is 3. The van der Waals surface area contributed by atoms with Crippen molar-refractivity contribution in [1.29, 1.82) is 0 Å². The van der Waals surface area contributed by atoms with Crippen molar-refractivity contribution < 1.29 is 13.2 Å². The molecule has 0 saturated heterocycles. The van der Waals surface area contributed by atoms with E-state index >= 15 is 0 Å². The number of hydrogen-bond donors (Lipinski definition) is 3. The number of carbonyl (C=O) groups excluding carboxylic acids is 1. The molecule has 29 heavy (non-hydrogen) atoms. The van der Waals surface area contributed by atoms with E-state index in [9.17, 15) is 13.2 Å². The van der Waals surface area contributed by atoms with Crippen LogP contribution >= 0.6 is 11.6 Å². The highest BCUT2D eigenvalue weighted by Gasteiger charge is 2.41. The second kappa shape index (κ2) is 8.12. The number of rotatable bonds is 6. The highest BCUT2D eigenvalue weighted by molar-refractivity contribution is 7.89. The number of aryl methyl sites for hydroxylation is 1. The minimum atomic E-state index is -3.74. The lowest BCUT2D eigenvalue weighted by atomic mass is 9.80. The van der Waals surface area contributed by atoms with E-state index in [1.54, 1.807) is 18.2 Å². The summed E-state index contributed by atoms with van der Waals surface area (Å²) < 4.78 is 22.8. The summed E-state index contributed by atoms with van der Waals surface area (Å²) >= 11 is 6.57. The second-order valence-electron chi connectivity index (χ2n) is 6.99. The van der Waals surface area contributed by atoms with Crippen LogP contribution in [0.4, 0.5) is 0 Å². The van der Waals surface area contributed by atoms with Gasteiger partial charge in [-0.25, -0.2) is 13.6 Å². The first kappa shape index (κ1) is 21.3. The Morgan fingerprint density at radius 3 is 2.21 bits per heavy atom. The topological polar surface area (TPSA) is 129 Å². The van der Waals surface area contributed by atoms with E-state index < -0.39 is 26.8 Å². The van der Waals surface area contributed by atoms with Gasteiger partial charge in [-0.2, -0.15) is 0 Å². The van der Waals surface area contributed by atoms with Crippen molar-refractivity contribution in [3.8, 4) is 0 Å². The molecule has 0 saturated carbocycles. The molecule has 3 rings (SSSR count). The molecule has 0 heterocycles. The van der Waals surface area contributed by atoms with Crippen LogP contribution in [0.25, 0.3) is 5.57 Å². The zero-order chi connectivity index (χ0) is 21.2. The third kappa shape index (κ3) is 4.76. The average molecular weight is 432 g/mol. The van der Waals surface area contributed by atoms with Gasteiger partial charge in [0.05, 0.1) is 10.8 Å². The summed E-state index contributed by atoms with van der Waals surface area (Å²) in [6.07, 6.45) is 4.62. The van der Waals surface area contributed by atoms with Gasteiger partial charge in [0, 0.05) is 0 Å². The van der Waals surface area contributed by atoms with Gasteiger partial charge < -0.3 is 11.5 Å². The highest BCUT2D eigenvalue weighted by Crippen LogP contribution is 2.39. The molecule has 0 aliphatic heterocycles. The number of allylic oxidation sites excluding steroid dienone is 2. The van der Waals surface area contributed by atoms with Gasteiger partial charge in [-0.15, -0.1) is 0 Å². The van der Waals surface area contributed by atoms with Gasteiger partial charge in [0.25, 0.3) is 0 Å². The van der Waals surface area contributed by atoms with E-state index in [4.69, 9.17) is 28.2 Å². The fourth-order valence-corrected chi connectivity index (χ4v) is 4.17. The highest BCUT2D eigenvalue weighted by atomic mass is 35.5. The zero-order valence-electron chi connectivity index (χ0n) is 15.6. The number of hydrogen-bond acceptors (Lipinski definition) is 4. The Balaban J connectivity index is 1.88. The Hall–Kier alpha value is -2.45. The van der Waals surface area contributed by atoms with Crippen molar-refractivity contribution in [2.24, 2.45) is 22.5 Å². The van der Waals surface area contributed by atoms with Crippen LogP contribution in [0.1, 0.15) is 17.5 Å². The van der Waals surface area contributed by atoms with Crippen LogP contribution in [-0.4, -0.2) is 19.3 Å². The third-order valence-corrected chi connectivity index (χ3v) is 6.38. The summed E-state index contributed by atoms with van der Waals surface area (Å²) in [5.74, 6) is -1.46. The summed E-state index contributed by atoms with van der Waals surface area (Å²) in [5.41, 5.74) is 15.2. The maximum Gasteiger partial charge on any atom is 0.238 e. The molecule has 1 aliphatic rings. The molecule has 2 unspecified atom stereocenters. The molecule has 1 amide bonds. The van der Waals surface area contributed by atoms with Gasteiger partial charge in [0.15, 0.2) is 0 Å². The Kier molecular flexibility index (Phi) is 5.95.